The Kier molecular flexibility index (Phi) is 8.99. The van der Waals surface area contributed by atoms with Crippen LogP contribution in [0.25, 0.3) is 0 Å². The van der Waals surface area contributed by atoms with Gasteiger partial charge in [0.2, 0.25) is 23.6 Å². The summed E-state index contributed by atoms with van der Waals surface area (Å²) >= 11 is 1.99. The van der Waals surface area contributed by atoms with Gasteiger partial charge in [0, 0.05) is 35.1 Å². The average Bonchev–Trinajstić information content (AvgIpc) is 3.44. The predicted molar refractivity (Wildman–Crippen MR) is 157 cm³/mol. The number of pyridine rings is 1. The SMILES string of the molecule is C[N+]1(CC2=C(C(=O)[O-])N3C(=O)[C@@H](NC(=O)C(=NOCC(=O)O)c4nsc(N)n4)[C@@H]3SC2)CCN(C(=O)c2cc(=O)c(O)c[nH]2)CC1. The molecule has 46 heavy (non-hydrogen) atoms. The lowest BCUT2D eigenvalue weighted by Gasteiger charge is -2.51. The van der Waals surface area contributed by atoms with Gasteiger partial charge in [0.1, 0.15) is 23.7 Å². The van der Waals surface area contributed by atoms with Crippen molar-refractivity contribution in [1.29, 1.82) is 0 Å². The van der Waals surface area contributed by atoms with E-state index >= 15 is 0 Å². The third-order valence-corrected chi connectivity index (χ3v) is 9.42. The Morgan fingerprint density at radius 3 is 2.61 bits per heavy atom. The molecular weight excluding hydrogens is 650 g/mol. The van der Waals surface area contributed by atoms with E-state index < -0.39 is 64.6 Å². The van der Waals surface area contributed by atoms with Gasteiger partial charge in [0.25, 0.3) is 17.7 Å². The maximum absolute atomic E-state index is 13.2. The van der Waals surface area contributed by atoms with Crippen LogP contribution in [-0.4, -0.2) is 138 Å². The molecule has 0 unspecified atom stereocenters. The number of aromatic amines is 1. The molecule has 5 heterocycles. The molecule has 3 aliphatic heterocycles. The van der Waals surface area contributed by atoms with Crippen LogP contribution >= 0.6 is 23.3 Å². The van der Waals surface area contributed by atoms with Gasteiger partial charge >= 0.3 is 5.97 Å². The molecule has 2 aromatic heterocycles. The first kappa shape index (κ1) is 32.4. The van der Waals surface area contributed by atoms with E-state index in [1.165, 1.54) is 11.8 Å². The second-order valence-electron chi connectivity index (χ2n) is 10.8. The highest BCUT2D eigenvalue weighted by atomic mass is 32.2. The summed E-state index contributed by atoms with van der Waals surface area (Å²) in [6, 6.07) is -0.126. The Morgan fingerprint density at radius 2 is 2.00 bits per heavy atom. The summed E-state index contributed by atoms with van der Waals surface area (Å²) in [5.74, 6) is -5.54. The number of fused-ring (bicyclic) bond motifs is 1. The summed E-state index contributed by atoms with van der Waals surface area (Å²) in [4.78, 5) is 87.8. The number of nitrogens with zero attached hydrogens (tertiary/aromatic N) is 6. The molecular formula is C25H27N9O10S2. The van der Waals surface area contributed by atoms with E-state index in [9.17, 15) is 39.0 Å². The smallest absolute Gasteiger partial charge is 0.344 e. The maximum atomic E-state index is 13.2. The number of carbonyl (C=O) groups is 5. The van der Waals surface area contributed by atoms with E-state index in [4.69, 9.17) is 10.8 Å². The van der Waals surface area contributed by atoms with Crippen molar-refractivity contribution >= 4 is 63.8 Å². The van der Waals surface area contributed by atoms with Crippen LogP contribution in [0.5, 0.6) is 5.75 Å². The molecule has 0 radical (unpaired) electrons. The number of carboxylic acids is 2. The fourth-order valence-electron chi connectivity index (χ4n) is 5.20. The number of piperazine rings is 1. The van der Waals surface area contributed by atoms with Gasteiger partial charge in [-0.2, -0.15) is 9.36 Å². The average molecular weight is 678 g/mol. The number of nitrogen functional groups attached to an aromatic ring is 1. The number of likely N-dealkylation sites (N-methyl/N-ethyl adjacent to an activating group) is 1. The largest absolute Gasteiger partial charge is 0.543 e. The lowest BCUT2D eigenvalue weighted by atomic mass is 10.0. The zero-order valence-electron chi connectivity index (χ0n) is 24.0. The molecule has 244 valence electrons. The summed E-state index contributed by atoms with van der Waals surface area (Å²) in [5, 5.41) is 35.8. The number of nitrogens with two attached hydrogens (primary N) is 1. The van der Waals surface area contributed by atoms with Gasteiger partial charge in [0.15, 0.2) is 10.9 Å². The number of hydrogen-bond donors (Lipinski definition) is 5. The maximum Gasteiger partial charge on any atom is 0.344 e. The van der Waals surface area contributed by atoms with E-state index in [0.29, 0.717) is 36.2 Å². The molecule has 19 nitrogen and oxygen atoms in total. The zero-order valence-corrected chi connectivity index (χ0v) is 25.6. The first-order valence-corrected chi connectivity index (χ1v) is 15.3. The number of rotatable bonds is 10. The van der Waals surface area contributed by atoms with Crippen LogP contribution in [0.4, 0.5) is 5.13 Å². The lowest BCUT2D eigenvalue weighted by molar-refractivity contribution is -0.908. The molecule has 2 saturated heterocycles. The molecule has 2 fully saturated rings. The molecule has 0 spiro atoms. The molecule has 0 aliphatic carbocycles. The number of oxime groups is 1. The number of H-pyrrole nitrogens is 1. The number of β-lactam (4-membered cyclic amide) rings is 1. The highest BCUT2D eigenvalue weighted by molar-refractivity contribution is 8.00. The van der Waals surface area contributed by atoms with Crippen LogP contribution in [0.3, 0.4) is 0 Å². The van der Waals surface area contributed by atoms with Gasteiger partial charge in [-0.1, -0.05) is 5.16 Å². The number of hydrogen-bond acceptors (Lipinski definition) is 15. The first-order chi connectivity index (χ1) is 21.8. The van der Waals surface area contributed by atoms with Crippen LogP contribution < -0.4 is 21.6 Å². The fourth-order valence-corrected chi connectivity index (χ4v) is 6.97. The van der Waals surface area contributed by atoms with Crippen molar-refractivity contribution in [3.8, 4) is 5.75 Å². The molecule has 0 bridgehead atoms. The van der Waals surface area contributed by atoms with Gasteiger partial charge in [-0.05, 0) is 0 Å². The highest BCUT2D eigenvalue weighted by Gasteiger charge is 2.54. The number of quaternary nitrogens is 1. The molecule has 2 aromatic rings. The summed E-state index contributed by atoms with van der Waals surface area (Å²) < 4.78 is 4.23. The van der Waals surface area contributed by atoms with Crippen LogP contribution in [-0.2, 0) is 24.0 Å². The van der Waals surface area contributed by atoms with E-state index in [0.717, 1.165) is 28.7 Å². The molecule has 6 N–H and O–H groups in total. The minimum atomic E-state index is -1.55. The number of anilines is 1. The Morgan fingerprint density at radius 1 is 1.28 bits per heavy atom. The monoisotopic (exact) mass is 677 g/mol. The molecule has 5 rings (SSSR count). The van der Waals surface area contributed by atoms with Crippen molar-refractivity contribution in [2.45, 2.75) is 11.4 Å². The Bertz CT molecular complexity index is 1730. The van der Waals surface area contributed by atoms with E-state index in [2.05, 4.69) is 29.7 Å². The fraction of sp³-hybridized carbons (Fsp3) is 0.400. The van der Waals surface area contributed by atoms with Crippen LogP contribution in [0.2, 0.25) is 0 Å². The number of aromatic hydroxyl groups is 1. The first-order valence-electron chi connectivity index (χ1n) is 13.5. The van der Waals surface area contributed by atoms with Crippen LogP contribution in [0, 0.1) is 0 Å². The van der Waals surface area contributed by atoms with E-state index in [-0.39, 0.29) is 34.6 Å². The van der Waals surface area contributed by atoms with Gasteiger partial charge in [-0.15, -0.1) is 11.8 Å². The minimum Gasteiger partial charge on any atom is -0.543 e. The molecule has 2 atom stereocenters. The van der Waals surface area contributed by atoms with Crippen molar-refractivity contribution in [3.05, 3.63) is 45.3 Å². The van der Waals surface area contributed by atoms with Crippen LogP contribution in [0.1, 0.15) is 16.3 Å². The molecule has 0 saturated carbocycles. The molecule has 3 aliphatic rings. The number of aliphatic carboxylic acids is 2. The van der Waals surface area contributed by atoms with E-state index in [1.54, 1.807) is 4.90 Å². The molecule has 3 amide bonds. The number of thioether (sulfide) groups is 1. The number of amides is 3. The third-order valence-electron chi connectivity index (χ3n) is 7.54. The Balaban J connectivity index is 1.26. The topological polar surface area (TPSA) is 274 Å². The lowest BCUT2D eigenvalue weighted by Crippen LogP contribution is -2.72. The van der Waals surface area contributed by atoms with Gasteiger partial charge in [0.05, 0.1) is 44.9 Å². The summed E-state index contributed by atoms with van der Waals surface area (Å²) in [5.41, 5.74) is 4.58. The summed E-state index contributed by atoms with van der Waals surface area (Å²) in [7, 11) is 1.90. The second-order valence-corrected chi connectivity index (χ2v) is 12.7. The minimum absolute atomic E-state index is 0.00297. The highest BCUT2D eigenvalue weighted by Crippen LogP contribution is 2.40. The predicted octanol–water partition coefficient (Wildman–Crippen LogP) is -3.67. The van der Waals surface area contributed by atoms with E-state index in [1.807, 2.05) is 7.05 Å². The van der Waals surface area contributed by atoms with Gasteiger partial charge in [-0.25, -0.2) is 4.79 Å². The van der Waals surface area contributed by atoms with Gasteiger partial charge < -0.3 is 50.4 Å². The second kappa shape index (κ2) is 12.8. The van der Waals surface area contributed by atoms with Crippen molar-refractivity contribution in [3.63, 3.8) is 0 Å². The van der Waals surface area contributed by atoms with Crippen molar-refractivity contribution < 1.29 is 48.6 Å². The van der Waals surface area contributed by atoms with Crippen LogP contribution in [0.15, 0.2) is 33.5 Å². The van der Waals surface area contributed by atoms with Gasteiger partial charge in [-0.3, -0.25) is 24.1 Å². The quantitative estimate of drug-likeness (QED) is 0.0702. The normalized spacial score (nSPS) is 20.9. The number of aromatic nitrogens is 3. The number of nitrogens with one attached hydrogen (secondary N) is 2. The number of carbonyl (C=O) groups excluding carboxylic acids is 4. The summed E-state index contributed by atoms with van der Waals surface area (Å²) in [6.45, 7) is 0.880. The third kappa shape index (κ3) is 6.50. The van der Waals surface area contributed by atoms with Crippen molar-refractivity contribution in [2.24, 2.45) is 5.16 Å². The Labute approximate surface area is 267 Å². The molecule has 0 aromatic carbocycles. The summed E-state index contributed by atoms with van der Waals surface area (Å²) in [6.07, 6.45) is 1.05. The number of carboxylic acid groups (broad SMARTS) is 2. The standard InChI is InChI=1S/C25H27N9O10S2/c1-34(4-2-32(3-5-34)21(40)12-6-13(35)14(36)7-27-12)8-11-10-45-23-17(22(41)33(23)18(11)24(42)43)28-20(39)16(30-44-9-15(37)38)19-29-25(26)46-31-19/h6-7,17,23H,2-5,8-10H2,1H3,(H6-,26,27,28,29,30,31,35,36,37,38,39,40,42,43)/t17-,23+/m1/s1. The molecule has 21 heteroatoms. The zero-order chi connectivity index (χ0) is 33.3. The van der Waals surface area contributed by atoms with Crippen molar-refractivity contribution in [2.75, 3.05) is 57.9 Å². The van der Waals surface area contributed by atoms with Crippen molar-refractivity contribution in [1.82, 2.24) is 29.5 Å². The Hall–Kier alpha value is -5.02.